The Morgan fingerprint density at radius 2 is 1.43 bits per heavy atom. The van der Waals surface area contributed by atoms with Crippen molar-refractivity contribution in [1.82, 2.24) is 0 Å². The van der Waals surface area contributed by atoms with Gasteiger partial charge in [0.1, 0.15) is 5.75 Å². The molecule has 30 heavy (non-hydrogen) atoms. The van der Waals surface area contributed by atoms with Crippen LogP contribution in [0.15, 0.2) is 82.6 Å². The second kappa shape index (κ2) is 8.84. The van der Waals surface area contributed by atoms with E-state index in [-0.39, 0.29) is 11.7 Å². The van der Waals surface area contributed by atoms with E-state index in [1.807, 2.05) is 48.5 Å². The Morgan fingerprint density at radius 3 is 2.10 bits per heavy atom. The van der Waals surface area contributed by atoms with Gasteiger partial charge in [0.2, 0.25) is 0 Å². The molecule has 4 rings (SSSR count). The third kappa shape index (κ3) is 4.06. The molecule has 6 nitrogen and oxygen atoms in total. The highest BCUT2D eigenvalue weighted by molar-refractivity contribution is 7.99. The molecule has 0 saturated carbocycles. The first-order valence-electron chi connectivity index (χ1n) is 9.19. The zero-order chi connectivity index (χ0) is 20.9. The van der Waals surface area contributed by atoms with Gasteiger partial charge in [-0.05, 0) is 36.4 Å². The molecule has 1 aliphatic rings. The molecule has 0 spiro atoms. The van der Waals surface area contributed by atoms with E-state index < -0.39 is 19.2 Å². The Bertz CT molecular complexity index is 1070. The maximum absolute atomic E-state index is 13.0. The van der Waals surface area contributed by atoms with Crippen LogP contribution in [0.5, 0.6) is 5.75 Å². The lowest BCUT2D eigenvalue weighted by molar-refractivity contribution is -0.149. The Kier molecular flexibility index (Phi) is 5.81. The second-order valence-corrected chi connectivity index (χ2v) is 7.46. The molecule has 0 unspecified atom stereocenters. The molecule has 0 atom stereocenters. The van der Waals surface area contributed by atoms with Gasteiger partial charge in [0.15, 0.2) is 19.5 Å². The number of para-hydroxylation sites is 3. The number of carbonyl (C=O) groups is 3. The molecule has 1 heterocycles. The first kappa shape index (κ1) is 19.7. The molecule has 0 saturated heterocycles. The third-order valence-electron chi connectivity index (χ3n) is 4.43. The first-order chi connectivity index (χ1) is 14.7. The molecular formula is C23H17NO5S. The Hall–Kier alpha value is -3.58. The Balaban J connectivity index is 1.43. The monoisotopic (exact) mass is 419 g/mol. The van der Waals surface area contributed by atoms with Crippen molar-refractivity contribution in [3.63, 3.8) is 0 Å². The van der Waals surface area contributed by atoms with Gasteiger partial charge < -0.3 is 9.47 Å². The van der Waals surface area contributed by atoms with E-state index in [1.165, 1.54) is 0 Å². The summed E-state index contributed by atoms with van der Waals surface area (Å²) in [6.07, 6.45) is 0.646. The van der Waals surface area contributed by atoms with Gasteiger partial charge in [-0.15, -0.1) is 0 Å². The van der Waals surface area contributed by atoms with Gasteiger partial charge >= 0.3 is 5.97 Å². The molecule has 0 radical (unpaired) electrons. The molecule has 0 aromatic heterocycles. The number of carbonyl (C=O) groups excluding carboxylic acids is 3. The number of aldehydes is 1. The molecule has 3 aromatic carbocycles. The zero-order valence-electron chi connectivity index (χ0n) is 15.8. The highest BCUT2D eigenvalue weighted by atomic mass is 32.2. The van der Waals surface area contributed by atoms with Gasteiger partial charge in [-0.3, -0.25) is 14.5 Å². The average Bonchev–Trinajstić information content (AvgIpc) is 2.79. The lowest BCUT2D eigenvalue weighted by Crippen LogP contribution is -2.33. The number of anilines is 2. The van der Waals surface area contributed by atoms with E-state index in [4.69, 9.17) is 9.47 Å². The number of ether oxygens (including phenoxy) is 2. The summed E-state index contributed by atoms with van der Waals surface area (Å²) in [5, 5.41) is 0. The van der Waals surface area contributed by atoms with Gasteiger partial charge in [-0.1, -0.05) is 48.2 Å². The van der Waals surface area contributed by atoms with Gasteiger partial charge in [-0.25, -0.2) is 4.79 Å². The van der Waals surface area contributed by atoms with Crippen molar-refractivity contribution < 1.29 is 23.9 Å². The summed E-state index contributed by atoms with van der Waals surface area (Å²) < 4.78 is 10.5. The number of hydrogen-bond acceptors (Lipinski definition) is 6. The molecule has 0 N–H and O–H groups in total. The average molecular weight is 419 g/mol. The van der Waals surface area contributed by atoms with Crippen LogP contribution in [0.2, 0.25) is 0 Å². The van der Waals surface area contributed by atoms with Crippen LogP contribution in [-0.4, -0.2) is 31.4 Å². The van der Waals surface area contributed by atoms with Gasteiger partial charge in [0, 0.05) is 9.79 Å². The minimum atomic E-state index is -0.697. The van der Waals surface area contributed by atoms with Crippen molar-refractivity contribution in [3.8, 4) is 5.75 Å². The molecule has 0 bridgehead atoms. The van der Waals surface area contributed by atoms with Crippen LogP contribution in [0, 0.1) is 0 Å². The number of hydrogen-bond donors (Lipinski definition) is 0. The molecule has 1 aliphatic heterocycles. The van der Waals surface area contributed by atoms with Gasteiger partial charge in [0.25, 0.3) is 5.91 Å². The van der Waals surface area contributed by atoms with E-state index in [9.17, 15) is 14.4 Å². The van der Waals surface area contributed by atoms with Crippen LogP contribution in [0.25, 0.3) is 0 Å². The minimum absolute atomic E-state index is 0.284. The van der Waals surface area contributed by atoms with E-state index >= 15 is 0 Å². The summed E-state index contributed by atoms with van der Waals surface area (Å²) in [5.41, 5.74) is 1.83. The first-order valence-corrected chi connectivity index (χ1v) is 10.0. The fourth-order valence-corrected chi connectivity index (χ4v) is 4.13. The summed E-state index contributed by atoms with van der Waals surface area (Å²) in [6, 6.07) is 21.7. The van der Waals surface area contributed by atoms with Gasteiger partial charge in [-0.2, -0.15) is 0 Å². The summed E-state index contributed by atoms with van der Waals surface area (Å²) in [5.74, 6) is -0.777. The minimum Gasteiger partial charge on any atom is -0.481 e. The van der Waals surface area contributed by atoms with Crippen LogP contribution in [0.3, 0.4) is 0 Å². The smallest absolute Gasteiger partial charge is 0.344 e. The molecule has 7 heteroatoms. The topological polar surface area (TPSA) is 72.9 Å². The van der Waals surface area contributed by atoms with Crippen LogP contribution in [0.1, 0.15) is 10.4 Å². The van der Waals surface area contributed by atoms with Crippen molar-refractivity contribution in [3.05, 3.63) is 78.4 Å². The summed E-state index contributed by atoms with van der Waals surface area (Å²) in [7, 11) is 0. The molecule has 3 aromatic rings. The normalized spacial score (nSPS) is 11.8. The van der Waals surface area contributed by atoms with Crippen molar-refractivity contribution in [2.75, 3.05) is 18.1 Å². The van der Waals surface area contributed by atoms with E-state index in [0.717, 1.165) is 21.2 Å². The number of esters is 1. The number of benzene rings is 3. The fraction of sp³-hybridized carbons (Fsp3) is 0.0870. The highest BCUT2D eigenvalue weighted by Gasteiger charge is 2.28. The highest BCUT2D eigenvalue weighted by Crippen LogP contribution is 2.47. The molecule has 0 fully saturated rings. The molecular weight excluding hydrogens is 402 g/mol. The van der Waals surface area contributed by atoms with Crippen LogP contribution < -0.4 is 9.64 Å². The molecule has 1 amide bonds. The van der Waals surface area contributed by atoms with Gasteiger partial charge in [0.05, 0.1) is 16.9 Å². The van der Waals surface area contributed by atoms with Crippen molar-refractivity contribution in [2.45, 2.75) is 9.79 Å². The quantitative estimate of drug-likeness (QED) is 0.439. The van der Waals surface area contributed by atoms with Crippen molar-refractivity contribution >= 4 is 41.3 Å². The van der Waals surface area contributed by atoms with E-state index in [1.54, 1.807) is 40.9 Å². The fourth-order valence-electron chi connectivity index (χ4n) is 3.07. The van der Waals surface area contributed by atoms with Crippen LogP contribution in [-0.2, 0) is 14.3 Å². The standard InChI is InChI=1S/C23H17NO5S/c25-13-16-7-1-4-10-19(16)28-15-23(27)29-14-22(26)24-17-8-2-5-11-20(17)30-21-12-6-3-9-18(21)24/h1-13H,14-15H2. The number of rotatable bonds is 6. The zero-order valence-corrected chi connectivity index (χ0v) is 16.6. The third-order valence-corrected chi connectivity index (χ3v) is 5.56. The van der Waals surface area contributed by atoms with Crippen molar-refractivity contribution in [2.24, 2.45) is 0 Å². The predicted octanol–water partition coefficient (Wildman–Crippen LogP) is 4.25. The maximum Gasteiger partial charge on any atom is 0.344 e. The summed E-state index contributed by atoms with van der Waals surface area (Å²) in [6.45, 7) is -0.827. The van der Waals surface area contributed by atoms with E-state index in [0.29, 0.717) is 11.8 Å². The predicted molar refractivity (Wildman–Crippen MR) is 112 cm³/mol. The Labute approximate surface area is 177 Å². The lowest BCUT2D eigenvalue weighted by Gasteiger charge is -2.30. The molecule has 0 aliphatic carbocycles. The number of fused-ring (bicyclic) bond motifs is 2. The second-order valence-electron chi connectivity index (χ2n) is 6.37. The van der Waals surface area contributed by atoms with Crippen LogP contribution >= 0.6 is 11.8 Å². The summed E-state index contributed by atoms with van der Waals surface area (Å²) in [4.78, 5) is 39.5. The largest absolute Gasteiger partial charge is 0.481 e. The lowest BCUT2D eigenvalue weighted by atomic mass is 10.2. The molecule has 150 valence electrons. The number of nitrogens with zero attached hydrogens (tertiary/aromatic N) is 1. The van der Waals surface area contributed by atoms with E-state index in [2.05, 4.69) is 0 Å². The maximum atomic E-state index is 13.0. The number of amides is 1. The summed E-state index contributed by atoms with van der Waals surface area (Å²) >= 11 is 1.59. The van der Waals surface area contributed by atoms with Crippen LogP contribution in [0.4, 0.5) is 11.4 Å². The Morgan fingerprint density at radius 1 is 0.833 bits per heavy atom. The van der Waals surface area contributed by atoms with Crippen molar-refractivity contribution in [1.29, 1.82) is 0 Å². The SMILES string of the molecule is O=Cc1ccccc1OCC(=O)OCC(=O)N1c2ccccc2Sc2ccccc21.